The predicted octanol–water partition coefficient (Wildman–Crippen LogP) is 3.76. The molecule has 0 bridgehead atoms. The SMILES string of the molecule is ClC1=CC[CH]C(Cl)=C1c1cccnc1. The highest BCUT2D eigenvalue weighted by Crippen LogP contribution is 2.36. The highest BCUT2D eigenvalue weighted by molar-refractivity contribution is 6.43. The molecule has 0 fully saturated rings. The van der Waals surface area contributed by atoms with Gasteiger partial charge in [-0.2, -0.15) is 0 Å². The number of rotatable bonds is 1. The van der Waals surface area contributed by atoms with E-state index in [0.717, 1.165) is 17.6 Å². The van der Waals surface area contributed by atoms with Gasteiger partial charge in [0.1, 0.15) is 0 Å². The van der Waals surface area contributed by atoms with Gasteiger partial charge < -0.3 is 0 Å². The lowest BCUT2D eigenvalue weighted by Gasteiger charge is -2.13. The fourth-order valence-electron chi connectivity index (χ4n) is 1.37. The monoisotopic (exact) mass is 224 g/mol. The summed E-state index contributed by atoms with van der Waals surface area (Å²) in [5.74, 6) is 0. The van der Waals surface area contributed by atoms with E-state index in [9.17, 15) is 0 Å². The predicted molar refractivity (Wildman–Crippen MR) is 59.9 cm³/mol. The van der Waals surface area contributed by atoms with Crippen LogP contribution in [0.3, 0.4) is 0 Å². The van der Waals surface area contributed by atoms with Gasteiger partial charge in [0.25, 0.3) is 0 Å². The summed E-state index contributed by atoms with van der Waals surface area (Å²) < 4.78 is 0. The van der Waals surface area contributed by atoms with Gasteiger partial charge in [0, 0.05) is 40.0 Å². The van der Waals surface area contributed by atoms with Crippen LogP contribution in [0.25, 0.3) is 5.57 Å². The number of nitrogens with zero attached hydrogens (tertiary/aromatic N) is 1. The molecule has 0 unspecified atom stereocenters. The maximum Gasteiger partial charge on any atom is 0.0457 e. The van der Waals surface area contributed by atoms with Gasteiger partial charge in [-0.05, 0) is 12.5 Å². The molecule has 0 spiro atoms. The van der Waals surface area contributed by atoms with Crippen molar-refractivity contribution < 1.29 is 0 Å². The van der Waals surface area contributed by atoms with E-state index < -0.39 is 0 Å². The molecule has 1 nitrogen and oxygen atoms in total. The van der Waals surface area contributed by atoms with Crippen molar-refractivity contribution in [2.75, 3.05) is 0 Å². The summed E-state index contributed by atoms with van der Waals surface area (Å²) >= 11 is 12.2. The minimum absolute atomic E-state index is 0.700. The number of pyridine rings is 1. The van der Waals surface area contributed by atoms with Gasteiger partial charge >= 0.3 is 0 Å². The van der Waals surface area contributed by atoms with Crippen LogP contribution >= 0.6 is 23.2 Å². The fraction of sp³-hybridized carbons (Fsp3) is 0.0909. The molecule has 0 aliphatic heterocycles. The third-order valence-electron chi connectivity index (χ3n) is 2.02. The van der Waals surface area contributed by atoms with Gasteiger partial charge in [-0.1, -0.05) is 35.3 Å². The molecule has 1 aliphatic carbocycles. The molecule has 2 rings (SSSR count). The number of hydrogen-bond donors (Lipinski definition) is 0. The van der Waals surface area contributed by atoms with E-state index >= 15 is 0 Å². The topological polar surface area (TPSA) is 12.9 Å². The molecule has 1 aromatic heterocycles. The Hall–Kier alpha value is -0.790. The summed E-state index contributed by atoms with van der Waals surface area (Å²) in [5.41, 5.74) is 1.82. The van der Waals surface area contributed by atoms with E-state index in [-0.39, 0.29) is 0 Å². The summed E-state index contributed by atoms with van der Waals surface area (Å²) in [4.78, 5) is 4.04. The minimum Gasteiger partial charge on any atom is -0.264 e. The molecule has 0 amide bonds. The van der Waals surface area contributed by atoms with Crippen LogP contribution in [-0.4, -0.2) is 4.98 Å². The van der Waals surface area contributed by atoms with Crippen LogP contribution < -0.4 is 0 Å². The molecule has 1 aliphatic rings. The normalized spacial score (nSPS) is 16.9. The van der Waals surface area contributed by atoms with Crippen molar-refractivity contribution in [3.05, 3.63) is 52.7 Å². The van der Waals surface area contributed by atoms with Crippen LogP contribution in [0.15, 0.2) is 40.7 Å². The molecule has 71 valence electrons. The Balaban J connectivity index is 2.48. The molecule has 1 heterocycles. The Labute approximate surface area is 93.1 Å². The number of halogens is 2. The lowest BCUT2D eigenvalue weighted by Crippen LogP contribution is -1.94. The molecular formula is C11H8Cl2N. The van der Waals surface area contributed by atoms with E-state index in [2.05, 4.69) is 4.98 Å². The third kappa shape index (κ3) is 1.84. The molecule has 0 saturated carbocycles. The summed E-state index contributed by atoms with van der Waals surface area (Å²) in [6, 6.07) is 3.81. The molecular weight excluding hydrogens is 217 g/mol. The summed E-state index contributed by atoms with van der Waals surface area (Å²) in [6.45, 7) is 0. The Kier molecular flexibility index (Phi) is 2.90. The first kappa shape index (κ1) is 9.75. The quantitative estimate of drug-likeness (QED) is 0.708. The van der Waals surface area contributed by atoms with Crippen molar-refractivity contribution in [3.63, 3.8) is 0 Å². The van der Waals surface area contributed by atoms with Crippen molar-refractivity contribution >= 4 is 28.8 Å². The molecule has 0 aromatic carbocycles. The zero-order valence-electron chi connectivity index (χ0n) is 7.37. The number of allylic oxidation sites excluding steroid dienone is 4. The first-order chi connectivity index (χ1) is 6.79. The summed E-state index contributed by atoms with van der Waals surface area (Å²) in [5, 5.41) is 1.40. The van der Waals surface area contributed by atoms with Crippen LogP contribution in [-0.2, 0) is 0 Å². The minimum atomic E-state index is 0.700. The smallest absolute Gasteiger partial charge is 0.0457 e. The largest absolute Gasteiger partial charge is 0.264 e. The van der Waals surface area contributed by atoms with Crippen molar-refractivity contribution in [2.45, 2.75) is 6.42 Å². The van der Waals surface area contributed by atoms with Crippen LogP contribution in [0, 0.1) is 6.42 Å². The lowest BCUT2D eigenvalue weighted by atomic mass is 10.0. The molecule has 0 saturated heterocycles. The zero-order valence-corrected chi connectivity index (χ0v) is 8.89. The van der Waals surface area contributed by atoms with E-state index in [0.29, 0.717) is 10.1 Å². The highest BCUT2D eigenvalue weighted by atomic mass is 35.5. The first-order valence-corrected chi connectivity index (χ1v) is 5.04. The fourth-order valence-corrected chi connectivity index (χ4v) is 2.02. The maximum absolute atomic E-state index is 6.08. The maximum atomic E-state index is 6.08. The van der Waals surface area contributed by atoms with Crippen LogP contribution in [0.5, 0.6) is 0 Å². The second kappa shape index (κ2) is 4.16. The van der Waals surface area contributed by atoms with Gasteiger partial charge in [-0.3, -0.25) is 4.98 Å². The average molecular weight is 225 g/mol. The molecule has 1 aromatic rings. The molecule has 3 heteroatoms. The Morgan fingerprint density at radius 1 is 1.29 bits per heavy atom. The standard InChI is InChI=1S/C11H8Cl2N/c12-9-4-1-5-10(13)11(9)8-3-2-6-14-7-8/h2-7H,1H2. The second-order valence-corrected chi connectivity index (χ2v) is 3.77. The zero-order chi connectivity index (χ0) is 9.97. The van der Waals surface area contributed by atoms with E-state index in [1.807, 2.05) is 24.6 Å². The van der Waals surface area contributed by atoms with Crippen LogP contribution in [0.1, 0.15) is 12.0 Å². The van der Waals surface area contributed by atoms with Crippen molar-refractivity contribution in [1.82, 2.24) is 4.98 Å². The van der Waals surface area contributed by atoms with Gasteiger partial charge in [-0.15, -0.1) is 0 Å². The van der Waals surface area contributed by atoms with Crippen LogP contribution in [0.4, 0.5) is 0 Å². The summed E-state index contributed by atoms with van der Waals surface area (Å²) in [7, 11) is 0. The van der Waals surface area contributed by atoms with Gasteiger partial charge in [0.2, 0.25) is 0 Å². The van der Waals surface area contributed by atoms with E-state index in [1.165, 1.54) is 0 Å². The lowest BCUT2D eigenvalue weighted by molar-refractivity contribution is 1.23. The summed E-state index contributed by atoms with van der Waals surface area (Å²) in [6.07, 6.45) is 8.15. The second-order valence-electron chi connectivity index (χ2n) is 2.96. The molecule has 0 N–H and O–H groups in total. The molecule has 0 atom stereocenters. The Morgan fingerprint density at radius 2 is 2.14 bits per heavy atom. The van der Waals surface area contributed by atoms with Gasteiger partial charge in [-0.25, -0.2) is 0 Å². The van der Waals surface area contributed by atoms with Crippen molar-refractivity contribution in [2.24, 2.45) is 0 Å². The Morgan fingerprint density at radius 3 is 2.79 bits per heavy atom. The van der Waals surface area contributed by atoms with Crippen LogP contribution in [0.2, 0.25) is 0 Å². The number of hydrogen-bond acceptors (Lipinski definition) is 1. The average Bonchev–Trinajstić information content (AvgIpc) is 2.19. The van der Waals surface area contributed by atoms with Gasteiger partial charge in [0.15, 0.2) is 0 Å². The van der Waals surface area contributed by atoms with Crippen molar-refractivity contribution in [1.29, 1.82) is 0 Å². The van der Waals surface area contributed by atoms with Crippen molar-refractivity contribution in [3.8, 4) is 0 Å². The van der Waals surface area contributed by atoms with E-state index in [1.54, 1.807) is 12.4 Å². The van der Waals surface area contributed by atoms with E-state index in [4.69, 9.17) is 23.2 Å². The number of aromatic nitrogens is 1. The molecule has 14 heavy (non-hydrogen) atoms. The first-order valence-electron chi connectivity index (χ1n) is 4.28. The Bertz CT molecular complexity index is 393. The third-order valence-corrected chi connectivity index (χ3v) is 2.71. The molecule has 1 radical (unpaired) electrons. The van der Waals surface area contributed by atoms with Gasteiger partial charge in [0.05, 0.1) is 0 Å². The highest BCUT2D eigenvalue weighted by Gasteiger charge is 2.14.